The molecule has 0 fully saturated rings. The number of nitrogens with one attached hydrogen (secondary N) is 3. The van der Waals surface area contributed by atoms with E-state index in [0.717, 1.165) is 12.1 Å². The average molecular weight is 428 g/mol. The molecule has 0 unspecified atom stereocenters. The molecule has 2 aromatic rings. The molecule has 0 atom stereocenters. The molecule has 0 spiro atoms. The first kappa shape index (κ1) is 22.5. The summed E-state index contributed by atoms with van der Waals surface area (Å²) in [4.78, 5) is 24.1. The van der Waals surface area contributed by atoms with Gasteiger partial charge in [-0.25, -0.2) is 0 Å². The third-order valence-electron chi connectivity index (χ3n) is 3.65. The summed E-state index contributed by atoms with van der Waals surface area (Å²) >= 11 is 5.62. The summed E-state index contributed by atoms with van der Waals surface area (Å²) in [5.41, 5.74) is -0.774. The van der Waals surface area contributed by atoms with Gasteiger partial charge in [0.15, 0.2) is 0 Å². The standard InChI is InChI=1S/C20H21ClF3N3O2/c1-19(2,3)27-18(29)12-4-7-14(8-5-12)25-11-17(28)26-16-9-6-13(21)10-15(16)20(22,23)24/h4-10,25H,11H2,1-3H3,(H,26,28)(H,27,29). The molecule has 0 aliphatic rings. The van der Waals surface area contributed by atoms with Gasteiger partial charge in [0.05, 0.1) is 17.8 Å². The molecule has 0 saturated heterocycles. The maximum atomic E-state index is 13.1. The van der Waals surface area contributed by atoms with E-state index < -0.39 is 17.6 Å². The molecular formula is C20H21ClF3N3O2. The summed E-state index contributed by atoms with van der Waals surface area (Å²) in [6.07, 6.45) is -4.65. The average Bonchev–Trinajstić information content (AvgIpc) is 2.59. The molecule has 2 aromatic carbocycles. The van der Waals surface area contributed by atoms with E-state index in [2.05, 4.69) is 16.0 Å². The van der Waals surface area contributed by atoms with Crippen molar-refractivity contribution in [1.29, 1.82) is 0 Å². The van der Waals surface area contributed by atoms with Gasteiger partial charge in [0.2, 0.25) is 5.91 Å². The fourth-order valence-corrected chi connectivity index (χ4v) is 2.56. The molecular weight excluding hydrogens is 407 g/mol. The maximum Gasteiger partial charge on any atom is 0.418 e. The fourth-order valence-electron chi connectivity index (χ4n) is 2.39. The van der Waals surface area contributed by atoms with Crippen LogP contribution in [0.15, 0.2) is 42.5 Å². The molecule has 0 aliphatic carbocycles. The van der Waals surface area contributed by atoms with Crippen LogP contribution in [0, 0.1) is 0 Å². The van der Waals surface area contributed by atoms with Crippen molar-refractivity contribution < 1.29 is 22.8 Å². The summed E-state index contributed by atoms with van der Waals surface area (Å²) in [6, 6.07) is 9.51. The zero-order chi connectivity index (χ0) is 21.8. The highest BCUT2D eigenvalue weighted by molar-refractivity contribution is 6.30. The molecule has 0 aliphatic heterocycles. The predicted octanol–water partition coefficient (Wildman–Crippen LogP) is 4.94. The quantitative estimate of drug-likeness (QED) is 0.633. The lowest BCUT2D eigenvalue weighted by Crippen LogP contribution is -2.40. The highest BCUT2D eigenvalue weighted by Crippen LogP contribution is 2.36. The third kappa shape index (κ3) is 6.98. The summed E-state index contributed by atoms with van der Waals surface area (Å²) in [6.45, 7) is 5.34. The number of amides is 2. The fraction of sp³-hybridized carbons (Fsp3) is 0.300. The van der Waals surface area contributed by atoms with E-state index in [-0.39, 0.29) is 28.7 Å². The molecule has 0 heterocycles. The lowest BCUT2D eigenvalue weighted by atomic mass is 10.1. The number of rotatable bonds is 5. The number of carbonyl (C=O) groups is 2. The van der Waals surface area contributed by atoms with Crippen molar-refractivity contribution in [3.05, 3.63) is 58.6 Å². The van der Waals surface area contributed by atoms with Crippen molar-refractivity contribution in [3.8, 4) is 0 Å². The first-order valence-electron chi connectivity index (χ1n) is 8.68. The Hall–Kier alpha value is -2.74. The zero-order valence-electron chi connectivity index (χ0n) is 16.1. The van der Waals surface area contributed by atoms with Gasteiger partial charge in [-0.3, -0.25) is 9.59 Å². The van der Waals surface area contributed by atoms with Crippen molar-refractivity contribution in [2.75, 3.05) is 17.2 Å². The third-order valence-corrected chi connectivity index (χ3v) is 3.88. The van der Waals surface area contributed by atoms with E-state index >= 15 is 0 Å². The van der Waals surface area contributed by atoms with Crippen LogP contribution < -0.4 is 16.0 Å². The Morgan fingerprint density at radius 1 is 1.00 bits per heavy atom. The molecule has 0 aromatic heterocycles. The summed E-state index contributed by atoms with van der Waals surface area (Å²) in [5, 5.41) is 7.77. The van der Waals surface area contributed by atoms with Crippen LogP contribution in [0.25, 0.3) is 0 Å². The van der Waals surface area contributed by atoms with Gasteiger partial charge in [-0.1, -0.05) is 11.6 Å². The van der Waals surface area contributed by atoms with Crippen molar-refractivity contribution >= 4 is 34.8 Å². The van der Waals surface area contributed by atoms with E-state index in [4.69, 9.17) is 11.6 Å². The largest absolute Gasteiger partial charge is 0.418 e. The maximum absolute atomic E-state index is 13.1. The Balaban J connectivity index is 1.97. The van der Waals surface area contributed by atoms with E-state index in [1.807, 2.05) is 20.8 Å². The van der Waals surface area contributed by atoms with Crippen LogP contribution in [0.5, 0.6) is 0 Å². The molecule has 5 nitrogen and oxygen atoms in total. The molecule has 0 bridgehead atoms. The van der Waals surface area contributed by atoms with Gasteiger partial charge in [-0.2, -0.15) is 13.2 Å². The topological polar surface area (TPSA) is 70.2 Å². The molecule has 2 rings (SSSR count). The smallest absolute Gasteiger partial charge is 0.376 e. The summed E-state index contributed by atoms with van der Waals surface area (Å²) in [5.74, 6) is -0.892. The minimum atomic E-state index is -4.65. The Morgan fingerprint density at radius 2 is 1.62 bits per heavy atom. The van der Waals surface area contributed by atoms with Crippen LogP contribution in [-0.4, -0.2) is 23.9 Å². The summed E-state index contributed by atoms with van der Waals surface area (Å²) in [7, 11) is 0. The van der Waals surface area contributed by atoms with Crippen LogP contribution in [0.4, 0.5) is 24.5 Å². The lowest BCUT2D eigenvalue weighted by Gasteiger charge is -2.20. The molecule has 156 valence electrons. The number of halogens is 4. The van der Waals surface area contributed by atoms with Crippen LogP contribution in [0.3, 0.4) is 0 Å². The highest BCUT2D eigenvalue weighted by atomic mass is 35.5. The van der Waals surface area contributed by atoms with Gasteiger partial charge in [0.25, 0.3) is 5.91 Å². The number of alkyl halides is 3. The molecule has 3 N–H and O–H groups in total. The normalized spacial score (nSPS) is 11.7. The monoisotopic (exact) mass is 427 g/mol. The van der Waals surface area contributed by atoms with Crippen molar-refractivity contribution in [3.63, 3.8) is 0 Å². The molecule has 9 heteroatoms. The Morgan fingerprint density at radius 3 is 2.17 bits per heavy atom. The van der Waals surface area contributed by atoms with Gasteiger partial charge in [0, 0.05) is 21.8 Å². The summed E-state index contributed by atoms with van der Waals surface area (Å²) < 4.78 is 39.2. The Kier molecular flexibility index (Phi) is 6.79. The molecule has 29 heavy (non-hydrogen) atoms. The second-order valence-electron chi connectivity index (χ2n) is 7.37. The van der Waals surface area contributed by atoms with Crippen molar-refractivity contribution in [2.45, 2.75) is 32.5 Å². The molecule has 0 radical (unpaired) electrons. The number of benzene rings is 2. The van der Waals surface area contributed by atoms with Crippen LogP contribution >= 0.6 is 11.6 Å². The second kappa shape index (κ2) is 8.73. The van der Waals surface area contributed by atoms with Gasteiger partial charge < -0.3 is 16.0 Å². The van der Waals surface area contributed by atoms with Gasteiger partial charge in [-0.05, 0) is 63.2 Å². The van der Waals surface area contributed by atoms with Crippen molar-refractivity contribution in [2.24, 2.45) is 0 Å². The van der Waals surface area contributed by atoms with E-state index in [1.54, 1.807) is 24.3 Å². The minimum absolute atomic E-state index is 0.0796. The van der Waals surface area contributed by atoms with Gasteiger partial charge >= 0.3 is 6.18 Å². The number of carbonyl (C=O) groups excluding carboxylic acids is 2. The minimum Gasteiger partial charge on any atom is -0.376 e. The Bertz CT molecular complexity index is 891. The van der Waals surface area contributed by atoms with Crippen molar-refractivity contribution in [1.82, 2.24) is 5.32 Å². The number of hydrogen-bond acceptors (Lipinski definition) is 3. The van der Waals surface area contributed by atoms with Crippen LogP contribution in [-0.2, 0) is 11.0 Å². The number of anilines is 2. The van der Waals surface area contributed by atoms with E-state index in [0.29, 0.717) is 11.3 Å². The van der Waals surface area contributed by atoms with E-state index in [9.17, 15) is 22.8 Å². The first-order valence-corrected chi connectivity index (χ1v) is 9.06. The van der Waals surface area contributed by atoms with Crippen LogP contribution in [0.1, 0.15) is 36.7 Å². The highest BCUT2D eigenvalue weighted by Gasteiger charge is 2.34. The molecule has 0 saturated carbocycles. The SMILES string of the molecule is CC(C)(C)NC(=O)c1ccc(NCC(=O)Nc2ccc(Cl)cc2C(F)(F)F)cc1. The van der Waals surface area contributed by atoms with Crippen LogP contribution in [0.2, 0.25) is 5.02 Å². The second-order valence-corrected chi connectivity index (χ2v) is 7.81. The van der Waals surface area contributed by atoms with Gasteiger partial charge in [-0.15, -0.1) is 0 Å². The lowest BCUT2D eigenvalue weighted by molar-refractivity contribution is -0.137. The molecule has 2 amide bonds. The predicted molar refractivity (Wildman–Crippen MR) is 107 cm³/mol. The van der Waals surface area contributed by atoms with E-state index in [1.165, 1.54) is 6.07 Å². The zero-order valence-corrected chi connectivity index (χ0v) is 16.8. The Labute approximate surface area is 171 Å². The van der Waals surface area contributed by atoms with Gasteiger partial charge in [0.1, 0.15) is 0 Å². The number of hydrogen-bond donors (Lipinski definition) is 3. The first-order chi connectivity index (χ1) is 13.3.